The van der Waals surface area contributed by atoms with Gasteiger partial charge in [-0.15, -0.1) is 0 Å². The van der Waals surface area contributed by atoms with Crippen molar-refractivity contribution in [2.45, 2.75) is 25.1 Å². The zero-order chi connectivity index (χ0) is 24.2. The van der Waals surface area contributed by atoms with E-state index in [0.717, 1.165) is 18.2 Å². The van der Waals surface area contributed by atoms with Gasteiger partial charge in [0.1, 0.15) is 11.6 Å². The summed E-state index contributed by atoms with van der Waals surface area (Å²) >= 11 is 5.58. The van der Waals surface area contributed by atoms with E-state index in [-0.39, 0.29) is 23.3 Å². The van der Waals surface area contributed by atoms with Gasteiger partial charge in [0, 0.05) is 30.4 Å². The molecule has 1 aliphatic carbocycles. The van der Waals surface area contributed by atoms with Gasteiger partial charge in [-0.3, -0.25) is 9.59 Å². The van der Waals surface area contributed by atoms with Crippen LogP contribution >= 0.6 is 11.6 Å². The summed E-state index contributed by atoms with van der Waals surface area (Å²) in [4.78, 5) is 27.5. The van der Waals surface area contributed by atoms with E-state index >= 15 is 0 Å². The van der Waals surface area contributed by atoms with Gasteiger partial charge >= 0.3 is 6.18 Å². The van der Waals surface area contributed by atoms with Gasteiger partial charge in [0.05, 0.1) is 16.1 Å². The Morgan fingerprint density at radius 3 is 2.45 bits per heavy atom. The molecule has 2 amide bonds. The lowest BCUT2D eigenvalue weighted by Gasteiger charge is -2.37. The third kappa shape index (κ3) is 6.82. The normalized spacial score (nSPS) is 17.5. The number of ether oxygens (including phenoxy) is 2. The van der Waals surface area contributed by atoms with Crippen molar-refractivity contribution >= 4 is 23.4 Å². The fraction of sp³-hybridized carbons (Fsp3) is 0.286. The molecular weight excluding hydrogens is 470 g/mol. The van der Waals surface area contributed by atoms with Crippen LogP contribution in [0.3, 0.4) is 0 Å². The number of nitrogens with one attached hydrogen (secondary N) is 2. The molecule has 33 heavy (non-hydrogen) atoms. The quantitative estimate of drug-likeness (QED) is 0.555. The molecule has 1 unspecified atom stereocenters. The van der Waals surface area contributed by atoms with E-state index in [9.17, 15) is 27.2 Å². The number of hydrogen-bond donors (Lipinski definition) is 2. The first kappa shape index (κ1) is 24.3. The predicted octanol–water partition coefficient (Wildman–Crippen LogP) is 3.63. The van der Waals surface area contributed by atoms with E-state index in [1.54, 1.807) is 13.0 Å². The average Bonchev–Trinajstić information content (AvgIpc) is 2.71. The maximum absolute atomic E-state index is 13.4. The molecule has 1 aliphatic rings. The topological polar surface area (TPSA) is 89.6 Å². The molecule has 1 heterocycles. The number of pyridine rings is 1. The van der Waals surface area contributed by atoms with Crippen molar-refractivity contribution in [3.63, 3.8) is 0 Å². The van der Waals surface area contributed by atoms with Crippen molar-refractivity contribution in [2.24, 2.45) is 0 Å². The Bertz CT molecular complexity index is 1080. The van der Waals surface area contributed by atoms with Crippen LogP contribution < -0.4 is 20.1 Å². The molecule has 0 fully saturated rings. The summed E-state index contributed by atoms with van der Waals surface area (Å²) in [6.07, 6.45) is -1.95. The van der Waals surface area contributed by atoms with Crippen LogP contribution in [0.1, 0.15) is 18.9 Å². The maximum Gasteiger partial charge on any atom is 0.417 e. The smallest absolute Gasteiger partial charge is 0.417 e. The molecule has 176 valence electrons. The molecule has 1 aromatic heterocycles. The lowest BCUT2D eigenvalue weighted by atomic mass is 9.84. The molecule has 0 radical (unpaired) electrons. The van der Waals surface area contributed by atoms with Crippen molar-refractivity contribution in [3.05, 3.63) is 64.7 Å². The van der Waals surface area contributed by atoms with Crippen molar-refractivity contribution in [1.82, 2.24) is 15.6 Å². The molecule has 7 nitrogen and oxygen atoms in total. The van der Waals surface area contributed by atoms with Crippen LogP contribution in [-0.4, -0.2) is 35.6 Å². The summed E-state index contributed by atoms with van der Waals surface area (Å²) in [5, 5.41) is 5.24. The predicted molar refractivity (Wildman–Crippen MR) is 109 cm³/mol. The van der Waals surface area contributed by atoms with Gasteiger partial charge in [-0.1, -0.05) is 11.6 Å². The lowest BCUT2D eigenvalue weighted by molar-refractivity contribution is -0.138. The lowest BCUT2D eigenvalue weighted by Crippen LogP contribution is -2.53. The van der Waals surface area contributed by atoms with Crippen molar-refractivity contribution in [3.8, 4) is 11.6 Å². The standard InChI is InChI=1S/C21H18ClF4N3O4/c1-20(29-18(31)11-32-14-3-4-15(22)16(23)6-14)7-13(8-20)28-17(30)10-33-19-5-2-12(9-27-19)21(24,25)26/h2-7,9H,8,10-11H2,1H3,(H,28,30)(H,29,31). The largest absolute Gasteiger partial charge is 0.484 e. The highest BCUT2D eigenvalue weighted by molar-refractivity contribution is 6.30. The molecule has 3 rings (SSSR count). The minimum Gasteiger partial charge on any atom is -0.484 e. The summed E-state index contributed by atoms with van der Waals surface area (Å²) in [5.74, 6) is -1.63. The highest BCUT2D eigenvalue weighted by atomic mass is 35.5. The monoisotopic (exact) mass is 487 g/mol. The van der Waals surface area contributed by atoms with Gasteiger partial charge in [0.25, 0.3) is 11.8 Å². The summed E-state index contributed by atoms with van der Waals surface area (Å²) in [5.41, 5.74) is -1.11. The molecule has 0 saturated carbocycles. The number of benzene rings is 1. The number of nitrogens with zero attached hydrogens (tertiary/aromatic N) is 1. The summed E-state index contributed by atoms with van der Waals surface area (Å²) in [7, 11) is 0. The third-order valence-electron chi connectivity index (χ3n) is 4.45. The minimum atomic E-state index is -4.51. The Balaban J connectivity index is 1.41. The van der Waals surface area contributed by atoms with E-state index < -0.39 is 41.5 Å². The molecule has 2 aromatic rings. The Hall–Kier alpha value is -3.34. The third-order valence-corrected chi connectivity index (χ3v) is 4.76. The van der Waals surface area contributed by atoms with Crippen LogP contribution in [-0.2, 0) is 15.8 Å². The summed E-state index contributed by atoms with van der Waals surface area (Å²) in [6.45, 7) is 0.926. The minimum absolute atomic E-state index is 0.0606. The Kier molecular flexibility index (Phi) is 7.11. The molecule has 1 aromatic carbocycles. The second-order valence-electron chi connectivity index (χ2n) is 7.40. The van der Waals surface area contributed by atoms with Gasteiger partial charge in [-0.2, -0.15) is 13.2 Å². The number of alkyl halides is 3. The summed E-state index contributed by atoms with van der Waals surface area (Å²) < 4.78 is 61.2. The number of halogens is 5. The molecule has 0 aliphatic heterocycles. The van der Waals surface area contributed by atoms with E-state index in [0.29, 0.717) is 18.3 Å². The number of amides is 2. The van der Waals surface area contributed by atoms with Crippen LogP contribution in [0.4, 0.5) is 17.6 Å². The van der Waals surface area contributed by atoms with Gasteiger partial charge < -0.3 is 20.1 Å². The summed E-state index contributed by atoms with van der Waals surface area (Å²) in [6, 6.07) is 5.63. The fourth-order valence-electron chi connectivity index (χ4n) is 2.97. The first-order chi connectivity index (χ1) is 15.4. The second-order valence-corrected chi connectivity index (χ2v) is 7.80. The van der Waals surface area contributed by atoms with Crippen LogP contribution in [0.15, 0.2) is 48.3 Å². The highest BCUT2D eigenvalue weighted by Gasteiger charge is 2.34. The number of rotatable bonds is 8. The number of hydrogen-bond acceptors (Lipinski definition) is 5. The second kappa shape index (κ2) is 9.65. The molecule has 2 N–H and O–H groups in total. The van der Waals surface area contributed by atoms with E-state index in [4.69, 9.17) is 21.1 Å². The van der Waals surface area contributed by atoms with Gasteiger partial charge in [0.2, 0.25) is 5.88 Å². The SMILES string of the molecule is CC1(NC(=O)COc2ccc(Cl)c(F)c2)C=C(NC(=O)COc2ccc(C(F)(F)F)cn2)C1. The van der Waals surface area contributed by atoms with Crippen LogP contribution in [0.2, 0.25) is 5.02 Å². The van der Waals surface area contributed by atoms with Gasteiger partial charge in [-0.25, -0.2) is 9.37 Å². The van der Waals surface area contributed by atoms with Crippen LogP contribution in [0, 0.1) is 5.82 Å². The highest BCUT2D eigenvalue weighted by Crippen LogP contribution is 2.30. The van der Waals surface area contributed by atoms with Crippen LogP contribution in [0.25, 0.3) is 0 Å². The molecule has 12 heteroatoms. The van der Waals surface area contributed by atoms with Crippen molar-refractivity contribution < 1.29 is 36.6 Å². The maximum atomic E-state index is 13.4. The number of aromatic nitrogens is 1. The van der Waals surface area contributed by atoms with Crippen LogP contribution in [0.5, 0.6) is 11.6 Å². The Labute approximate surface area is 190 Å². The molecule has 0 saturated heterocycles. The molecule has 1 atom stereocenters. The van der Waals surface area contributed by atoms with E-state index in [2.05, 4.69) is 15.6 Å². The zero-order valence-electron chi connectivity index (χ0n) is 17.1. The Morgan fingerprint density at radius 2 is 1.85 bits per heavy atom. The number of carbonyl (C=O) groups excluding carboxylic acids is 2. The number of carbonyl (C=O) groups is 2. The molecule has 0 spiro atoms. The first-order valence-electron chi connectivity index (χ1n) is 9.50. The molecular formula is C21H18ClF4N3O4. The average molecular weight is 488 g/mol. The Morgan fingerprint density at radius 1 is 1.15 bits per heavy atom. The van der Waals surface area contributed by atoms with Gasteiger partial charge in [-0.05, 0) is 31.2 Å². The van der Waals surface area contributed by atoms with E-state index in [1.807, 2.05) is 0 Å². The zero-order valence-corrected chi connectivity index (χ0v) is 17.9. The van der Waals surface area contributed by atoms with Crippen molar-refractivity contribution in [1.29, 1.82) is 0 Å². The fourth-order valence-corrected chi connectivity index (χ4v) is 3.09. The molecule has 0 bridgehead atoms. The first-order valence-corrected chi connectivity index (χ1v) is 9.88. The van der Waals surface area contributed by atoms with Crippen molar-refractivity contribution in [2.75, 3.05) is 13.2 Å². The van der Waals surface area contributed by atoms with E-state index in [1.165, 1.54) is 12.1 Å². The van der Waals surface area contributed by atoms with Gasteiger partial charge in [0.15, 0.2) is 13.2 Å².